The van der Waals surface area contributed by atoms with Crippen LogP contribution in [0, 0.1) is 0 Å². The van der Waals surface area contributed by atoms with Gasteiger partial charge < -0.3 is 19.9 Å². The van der Waals surface area contributed by atoms with Gasteiger partial charge in [-0.2, -0.15) is 0 Å². The van der Waals surface area contributed by atoms with E-state index in [0.717, 1.165) is 47.1 Å². The van der Waals surface area contributed by atoms with Crippen LogP contribution in [0.4, 0.5) is 0 Å². The molecule has 2 fully saturated rings. The van der Waals surface area contributed by atoms with E-state index in [2.05, 4.69) is 37.8 Å². The van der Waals surface area contributed by atoms with E-state index in [9.17, 15) is 14.7 Å². The third kappa shape index (κ3) is 4.54. The number of benzene rings is 1. The van der Waals surface area contributed by atoms with Crippen molar-refractivity contribution in [2.24, 2.45) is 0 Å². The quantitative estimate of drug-likeness (QED) is 0.677. The van der Waals surface area contributed by atoms with Gasteiger partial charge in [-0.15, -0.1) is 0 Å². The number of likely N-dealkylation sites (N-methyl/N-ethyl adjacent to an activating group) is 1. The molecule has 2 aromatic rings. The molecule has 8 nitrogen and oxygen atoms in total. The maximum Gasteiger partial charge on any atom is 0.325 e. The molecule has 1 aromatic heterocycles. The minimum atomic E-state index is -0.846. The second-order valence-corrected chi connectivity index (χ2v) is 9.09. The number of nitrogens with zero attached hydrogens (tertiary/aromatic N) is 4. The molecule has 2 saturated heterocycles. The largest absolute Gasteiger partial charge is 0.480 e. The molecule has 0 bridgehead atoms. The van der Waals surface area contributed by atoms with Gasteiger partial charge in [0.1, 0.15) is 6.04 Å². The molecule has 1 amide bonds. The van der Waals surface area contributed by atoms with E-state index in [4.69, 9.17) is 0 Å². The van der Waals surface area contributed by atoms with Crippen molar-refractivity contribution in [2.45, 2.75) is 6.04 Å². The van der Waals surface area contributed by atoms with Crippen LogP contribution in [0.5, 0.6) is 0 Å². The van der Waals surface area contributed by atoms with Crippen LogP contribution in [0.1, 0.15) is 11.6 Å². The maximum absolute atomic E-state index is 12.6. The standard InChI is InChI=1S/C21H28BrN5O3/c1-24-4-8-26(9-5-24)19(28)14-25-6-10-27(11-7-25)20(21(29)30)17-13-23-18-12-15(22)2-3-16(17)18/h2-3,12-13,20,23H,4-11,14H2,1H3,(H,29,30). The molecule has 2 aliphatic heterocycles. The highest BCUT2D eigenvalue weighted by Gasteiger charge is 2.33. The number of aromatic nitrogens is 1. The summed E-state index contributed by atoms with van der Waals surface area (Å²) >= 11 is 3.46. The highest BCUT2D eigenvalue weighted by Crippen LogP contribution is 2.31. The molecule has 1 unspecified atom stereocenters. The molecule has 2 aliphatic rings. The first kappa shape index (κ1) is 21.3. The number of hydrogen-bond acceptors (Lipinski definition) is 5. The number of fused-ring (bicyclic) bond motifs is 1. The molecule has 0 radical (unpaired) electrons. The third-order valence-corrected chi connectivity index (χ3v) is 6.68. The molecular weight excluding hydrogens is 450 g/mol. The summed E-state index contributed by atoms with van der Waals surface area (Å²) in [7, 11) is 2.08. The number of nitrogens with one attached hydrogen (secondary N) is 1. The van der Waals surface area contributed by atoms with E-state index in [0.29, 0.717) is 32.7 Å². The number of halogens is 1. The fraction of sp³-hybridized carbons (Fsp3) is 0.524. The van der Waals surface area contributed by atoms with Crippen molar-refractivity contribution in [3.8, 4) is 0 Å². The zero-order valence-electron chi connectivity index (χ0n) is 17.2. The number of carbonyl (C=O) groups excluding carboxylic acids is 1. The number of amides is 1. The van der Waals surface area contributed by atoms with Crippen LogP contribution >= 0.6 is 15.9 Å². The van der Waals surface area contributed by atoms with Crippen molar-refractivity contribution in [1.82, 2.24) is 24.6 Å². The number of rotatable bonds is 5. The first-order valence-corrected chi connectivity index (χ1v) is 11.1. The second-order valence-electron chi connectivity index (χ2n) is 8.17. The summed E-state index contributed by atoms with van der Waals surface area (Å²) in [4.78, 5) is 36.3. The van der Waals surface area contributed by atoms with Crippen LogP contribution in [0.3, 0.4) is 0 Å². The van der Waals surface area contributed by atoms with E-state index in [1.165, 1.54) is 0 Å². The lowest BCUT2D eigenvalue weighted by molar-refractivity contribution is -0.145. The number of hydrogen-bond donors (Lipinski definition) is 2. The summed E-state index contributed by atoms with van der Waals surface area (Å²) in [6, 6.07) is 5.14. The van der Waals surface area contributed by atoms with Crippen LogP contribution in [0.15, 0.2) is 28.9 Å². The SMILES string of the molecule is CN1CCN(C(=O)CN2CCN(C(C(=O)O)c3c[nH]c4cc(Br)ccc34)CC2)CC1. The van der Waals surface area contributed by atoms with Crippen LogP contribution in [0.25, 0.3) is 10.9 Å². The molecule has 30 heavy (non-hydrogen) atoms. The molecule has 162 valence electrons. The number of aliphatic carboxylic acids is 1. The Morgan fingerprint density at radius 1 is 1.10 bits per heavy atom. The summed E-state index contributed by atoms with van der Waals surface area (Å²) in [6.45, 7) is 6.44. The highest BCUT2D eigenvalue weighted by molar-refractivity contribution is 9.10. The minimum absolute atomic E-state index is 0.175. The fourth-order valence-electron chi connectivity index (χ4n) is 4.36. The van der Waals surface area contributed by atoms with E-state index in [-0.39, 0.29) is 5.91 Å². The van der Waals surface area contributed by atoms with Crippen molar-refractivity contribution >= 4 is 38.7 Å². The number of aromatic amines is 1. The fourth-order valence-corrected chi connectivity index (χ4v) is 4.72. The smallest absolute Gasteiger partial charge is 0.325 e. The molecule has 1 aromatic carbocycles. The Kier molecular flexibility index (Phi) is 6.43. The van der Waals surface area contributed by atoms with Gasteiger partial charge in [0.25, 0.3) is 0 Å². The molecule has 1 atom stereocenters. The number of carboxylic acid groups (broad SMARTS) is 1. The molecule has 2 N–H and O–H groups in total. The van der Waals surface area contributed by atoms with Gasteiger partial charge in [0, 0.05) is 79.5 Å². The van der Waals surface area contributed by atoms with Crippen LogP contribution in [0.2, 0.25) is 0 Å². The molecule has 3 heterocycles. The summed E-state index contributed by atoms with van der Waals surface area (Å²) in [5, 5.41) is 10.9. The Hall–Kier alpha value is -1.94. The number of carbonyl (C=O) groups is 2. The van der Waals surface area contributed by atoms with Crippen molar-refractivity contribution in [3.05, 3.63) is 34.4 Å². The van der Waals surface area contributed by atoms with Crippen LogP contribution in [-0.2, 0) is 9.59 Å². The van der Waals surface area contributed by atoms with Crippen molar-refractivity contribution in [2.75, 3.05) is 66.0 Å². The Morgan fingerprint density at radius 2 is 1.80 bits per heavy atom. The van der Waals surface area contributed by atoms with E-state index < -0.39 is 12.0 Å². The summed E-state index contributed by atoms with van der Waals surface area (Å²) in [6.07, 6.45) is 1.80. The van der Waals surface area contributed by atoms with Gasteiger partial charge in [-0.3, -0.25) is 19.4 Å². The van der Waals surface area contributed by atoms with E-state index in [1.807, 2.05) is 28.0 Å². The molecule has 4 rings (SSSR count). The van der Waals surface area contributed by atoms with Crippen molar-refractivity contribution < 1.29 is 14.7 Å². The number of carboxylic acids is 1. The molecular formula is C21H28BrN5O3. The second kappa shape index (κ2) is 9.05. The van der Waals surface area contributed by atoms with Crippen molar-refractivity contribution in [1.29, 1.82) is 0 Å². The van der Waals surface area contributed by atoms with E-state index in [1.54, 1.807) is 6.20 Å². The van der Waals surface area contributed by atoms with E-state index >= 15 is 0 Å². The lowest BCUT2D eigenvalue weighted by Crippen LogP contribution is -2.54. The normalized spacial score (nSPS) is 20.5. The van der Waals surface area contributed by atoms with Gasteiger partial charge in [-0.1, -0.05) is 22.0 Å². The minimum Gasteiger partial charge on any atom is -0.480 e. The van der Waals surface area contributed by atoms with Gasteiger partial charge in [0.05, 0.1) is 6.54 Å². The molecule has 0 aliphatic carbocycles. The van der Waals surface area contributed by atoms with Crippen LogP contribution in [-0.4, -0.2) is 108 Å². The number of piperazine rings is 2. The predicted octanol–water partition coefficient (Wildman–Crippen LogP) is 1.45. The Balaban J connectivity index is 1.39. The Morgan fingerprint density at radius 3 is 2.47 bits per heavy atom. The highest BCUT2D eigenvalue weighted by atomic mass is 79.9. The Bertz CT molecular complexity index is 917. The first-order valence-electron chi connectivity index (χ1n) is 10.3. The summed E-state index contributed by atoms with van der Waals surface area (Å²) < 4.78 is 0.953. The topological polar surface area (TPSA) is 83.1 Å². The molecule has 0 saturated carbocycles. The summed E-state index contributed by atoms with van der Waals surface area (Å²) in [5.74, 6) is -0.672. The first-order chi connectivity index (χ1) is 14.4. The number of H-pyrrole nitrogens is 1. The lowest BCUT2D eigenvalue weighted by atomic mass is 10.0. The van der Waals surface area contributed by atoms with Crippen molar-refractivity contribution in [3.63, 3.8) is 0 Å². The van der Waals surface area contributed by atoms with Crippen LogP contribution < -0.4 is 0 Å². The lowest BCUT2D eigenvalue weighted by Gasteiger charge is -2.39. The molecule has 9 heteroatoms. The predicted molar refractivity (Wildman–Crippen MR) is 118 cm³/mol. The average molecular weight is 478 g/mol. The monoisotopic (exact) mass is 477 g/mol. The zero-order valence-corrected chi connectivity index (χ0v) is 18.8. The average Bonchev–Trinajstić information content (AvgIpc) is 3.12. The summed E-state index contributed by atoms with van der Waals surface area (Å²) in [5.41, 5.74) is 1.70. The Labute approximate surface area is 184 Å². The maximum atomic E-state index is 12.6. The van der Waals surface area contributed by atoms with Gasteiger partial charge in [0.15, 0.2) is 0 Å². The molecule has 0 spiro atoms. The van der Waals surface area contributed by atoms with Gasteiger partial charge in [0.2, 0.25) is 5.91 Å². The van der Waals surface area contributed by atoms with Gasteiger partial charge >= 0.3 is 5.97 Å². The zero-order chi connectivity index (χ0) is 21.3. The van der Waals surface area contributed by atoms with Gasteiger partial charge in [-0.05, 0) is 19.2 Å². The van der Waals surface area contributed by atoms with Gasteiger partial charge in [-0.25, -0.2) is 0 Å². The third-order valence-electron chi connectivity index (χ3n) is 6.19.